The minimum atomic E-state index is -0.294. The summed E-state index contributed by atoms with van der Waals surface area (Å²) < 4.78 is 0. The Bertz CT molecular complexity index is 460. The molecule has 0 aromatic heterocycles. The summed E-state index contributed by atoms with van der Waals surface area (Å²) in [4.78, 5) is 16.8. The van der Waals surface area contributed by atoms with Crippen molar-refractivity contribution in [1.82, 2.24) is 15.1 Å². The summed E-state index contributed by atoms with van der Waals surface area (Å²) in [7, 11) is 4.23. The molecule has 0 radical (unpaired) electrons. The van der Waals surface area contributed by atoms with E-state index in [4.69, 9.17) is 0 Å². The second kappa shape index (κ2) is 21.0. The normalized spacial score (nSPS) is 15.8. The molecule has 1 aliphatic heterocycles. The van der Waals surface area contributed by atoms with Gasteiger partial charge in [0.1, 0.15) is 5.79 Å². The van der Waals surface area contributed by atoms with Crippen molar-refractivity contribution in [2.75, 3.05) is 27.2 Å². The third-order valence-corrected chi connectivity index (χ3v) is 7.30. The van der Waals surface area contributed by atoms with Crippen LogP contribution < -0.4 is 5.32 Å². The highest BCUT2D eigenvalue weighted by molar-refractivity contribution is 5.85. The second-order valence-corrected chi connectivity index (χ2v) is 10.3. The molecule has 0 bridgehead atoms. The summed E-state index contributed by atoms with van der Waals surface area (Å²) in [6.45, 7) is 6.40. The fourth-order valence-corrected chi connectivity index (χ4v) is 5.29. The summed E-state index contributed by atoms with van der Waals surface area (Å²) in [5, 5.41) is 3.79. The molecule has 1 saturated heterocycles. The number of carbonyl (C=O) groups excluding carboxylic acids is 1. The highest BCUT2D eigenvalue weighted by Crippen LogP contribution is 2.27. The number of hydrogen-bond donors (Lipinski definition) is 1. The lowest BCUT2D eigenvalue weighted by atomic mass is 10.0. The second-order valence-electron chi connectivity index (χ2n) is 10.3. The van der Waals surface area contributed by atoms with Crippen LogP contribution in [0.4, 0.5) is 0 Å². The number of carbonyl (C=O) groups is 1. The van der Waals surface area contributed by atoms with Gasteiger partial charge in [-0.3, -0.25) is 15.0 Å². The number of unbranched alkanes of at least 4 members (excludes halogenated alkanes) is 15. The van der Waals surface area contributed by atoms with Gasteiger partial charge in [-0.25, -0.2) is 0 Å². The van der Waals surface area contributed by atoms with Gasteiger partial charge in [-0.2, -0.15) is 0 Å². The van der Waals surface area contributed by atoms with Crippen LogP contribution in [0.1, 0.15) is 142 Å². The van der Waals surface area contributed by atoms with E-state index in [-0.39, 0.29) is 18.2 Å². The van der Waals surface area contributed by atoms with E-state index < -0.39 is 0 Å². The van der Waals surface area contributed by atoms with Crippen LogP contribution in [0, 0.1) is 0 Å². The van der Waals surface area contributed by atoms with E-state index in [1.807, 2.05) is 0 Å². The fourth-order valence-electron chi connectivity index (χ4n) is 5.29. The van der Waals surface area contributed by atoms with Crippen molar-refractivity contribution in [3.8, 4) is 0 Å². The van der Waals surface area contributed by atoms with Crippen LogP contribution in [0.25, 0.3) is 0 Å². The average Bonchev–Trinajstić information content (AvgIpc) is 3.21. The Kier molecular flexibility index (Phi) is 20.8. The maximum Gasteiger partial charge on any atom is 0.225 e. The molecule has 1 amide bonds. The Morgan fingerprint density at radius 3 is 1.58 bits per heavy atom. The molecule has 0 aromatic carbocycles. The molecule has 0 aromatic rings. The standard InChI is InChI=1S/C28H57N3O.ClH/c1-5-7-8-9-10-11-12-13-14-15-16-17-18-19-20-21-25-29-28(24-6-2,30(3)4)31-26-22-23-27(31)32;/h29H,5-26H2,1-4H3;1H. The molecule has 0 aliphatic carbocycles. The van der Waals surface area contributed by atoms with E-state index in [1.54, 1.807) is 0 Å². The first kappa shape index (κ1) is 32.7. The molecule has 1 aliphatic rings. The predicted molar refractivity (Wildman–Crippen MR) is 147 cm³/mol. The molecule has 5 heteroatoms. The van der Waals surface area contributed by atoms with Gasteiger partial charge in [0.05, 0.1) is 0 Å². The van der Waals surface area contributed by atoms with E-state index in [1.165, 1.54) is 103 Å². The Hall–Kier alpha value is -0.320. The van der Waals surface area contributed by atoms with Gasteiger partial charge in [0.25, 0.3) is 0 Å². The van der Waals surface area contributed by atoms with Gasteiger partial charge in [0.15, 0.2) is 0 Å². The lowest BCUT2D eigenvalue weighted by molar-refractivity contribution is -0.145. The van der Waals surface area contributed by atoms with Crippen molar-refractivity contribution in [2.24, 2.45) is 0 Å². The highest BCUT2D eigenvalue weighted by Gasteiger charge is 2.42. The van der Waals surface area contributed by atoms with Crippen LogP contribution in [0.5, 0.6) is 0 Å². The molecule has 0 saturated carbocycles. The topological polar surface area (TPSA) is 35.6 Å². The van der Waals surface area contributed by atoms with Crippen molar-refractivity contribution in [2.45, 2.75) is 148 Å². The van der Waals surface area contributed by atoms with Crippen LogP contribution in [0.3, 0.4) is 0 Å². The van der Waals surface area contributed by atoms with E-state index in [2.05, 4.69) is 43.1 Å². The third-order valence-electron chi connectivity index (χ3n) is 7.30. The number of amides is 1. The molecule has 198 valence electrons. The van der Waals surface area contributed by atoms with Gasteiger partial charge in [0.2, 0.25) is 5.91 Å². The fraction of sp³-hybridized carbons (Fsp3) is 0.964. The number of nitrogens with one attached hydrogen (secondary N) is 1. The summed E-state index contributed by atoms with van der Waals surface area (Å²) in [6, 6.07) is 0. The van der Waals surface area contributed by atoms with Crippen LogP contribution in [0.2, 0.25) is 0 Å². The average molecular weight is 488 g/mol. The van der Waals surface area contributed by atoms with Gasteiger partial charge in [-0.05, 0) is 39.9 Å². The summed E-state index contributed by atoms with van der Waals surface area (Å²) in [5.74, 6) is 0.0179. The van der Waals surface area contributed by atoms with Gasteiger partial charge < -0.3 is 4.90 Å². The van der Waals surface area contributed by atoms with E-state index in [9.17, 15) is 4.79 Å². The summed E-state index contributed by atoms with van der Waals surface area (Å²) >= 11 is 0. The maximum atomic E-state index is 12.4. The minimum Gasteiger partial charge on any atom is -0.311 e. The van der Waals surface area contributed by atoms with E-state index in [0.717, 1.165) is 32.4 Å². The zero-order chi connectivity index (χ0) is 23.5. The Morgan fingerprint density at radius 1 is 0.758 bits per heavy atom. The van der Waals surface area contributed by atoms with Crippen LogP contribution >= 0.6 is 12.4 Å². The molecule has 1 rings (SSSR count). The minimum absolute atomic E-state index is 0. The Labute approximate surface area is 213 Å². The first-order valence-corrected chi connectivity index (χ1v) is 14.3. The third kappa shape index (κ3) is 13.4. The van der Waals surface area contributed by atoms with Crippen molar-refractivity contribution < 1.29 is 4.79 Å². The molecular formula is C28H58ClN3O. The molecule has 4 nitrogen and oxygen atoms in total. The zero-order valence-corrected chi connectivity index (χ0v) is 23.6. The Balaban J connectivity index is 0.0000102. The van der Waals surface area contributed by atoms with E-state index >= 15 is 0 Å². The Morgan fingerprint density at radius 2 is 1.21 bits per heavy atom. The highest BCUT2D eigenvalue weighted by atomic mass is 35.5. The molecule has 1 N–H and O–H groups in total. The lowest BCUT2D eigenvalue weighted by Crippen LogP contribution is -2.67. The van der Waals surface area contributed by atoms with Crippen LogP contribution in [0.15, 0.2) is 0 Å². The first-order chi connectivity index (χ1) is 15.6. The maximum absolute atomic E-state index is 12.4. The molecule has 1 fully saturated rings. The summed E-state index contributed by atoms with van der Waals surface area (Å²) in [6.07, 6.45) is 26.2. The molecule has 1 atom stereocenters. The molecule has 33 heavy (non-hydrogen) atoms. The number of halogens is 1. The molecule has 0 spiro atoms. The van der Waals surface area contributed by atoms with Crippen molar-refractivity contribution >= 4 is 18.3 Å². The van der Waals surface area contributed by atoms with Gasteiger partial charge in [0, 0.05) is 13.0 Å². The van der Waals surface area contributed by atoms with E-state index in [0.29, 0.717) is 12.3 Å². The zero-order valence-electron chi connectivity index (χ0n) is 22.8. The number of likely N-dealkylation sites (tertiary alicyclic amines) is 1. The monoisotopic (exact) mass is 487 g/mol. The van der Waals surface area contributed by atoms with Crippen molar-refractivity contribution in [3.63, 3.8) is 0 Å². The number of hydrogen-bond acceptors (Lipinski definition) is 3. The number of rotatable bonds is 22. The van der Waals surface area contributed by atoms with Gasteiger partial charge >= 0.3 is 0 Å². The molecular weight excluding hydrogens is 430 g/mol. The quantitative estimate of drug-likeness (QED) is 0.124. The van der Waals surface area contributed by atoms with Crippen LogP contribution in [-0.4, -0.2) is 48.7 Å². The van der Waals surface area contributed by atoms with Gasteiger partial charge in [-0.15, -0.1) is 12.4 Å². The van der Waals surface area contributed by atoms with Gasteiger partial charge in [-0.1, -0.05) is 117 Å². The van der Waals surface area contributed by atoms with Crippen molar-refractivity contribution in [3.05, 3.63) is 0 Å². The lowest BCUT2D eigenvalue weighted by Gasteiger charge is -2.47. The van der Waals surface area contributed by atoms with Crippen molar-refractivity contribution in [1.29, 1.82) is 0 Å². The summed E-state index contributed by atoms with van der Waals surface area (Å²) in [5.41, 5.74) is 0. The number of nitrogens with zero attached hydrogens (tertiary/aromatic N) is 2. The van der Waals surface area contributed by atoms with Crippen LogP contribution in [-0.2, 0) is 4.79 Å². The first-order valence-electron chi connectivity index (χ1n) is 14.3. The largest absolute Gasteiger partial charge is 0.311 e. The molecule has 1 unspecified atom stereocenters. The SMILES string of the molecule is CCCCCCCCCCCCCCCCCCNC(CCC)(N(C)C)N1CCCC1=O.Cl. The predicted octanol–water partition coefficient (Wildman–Crippen LogP) is 7.90. The molecule has 1 heterocycles. The smallest absolute Gasteiger partial charge is 0.225 e.